The zero-order valence-corrected chi connectivity index (χ0v) is 15.1. The summed E-state index contributed by atoms with van der Waals surface area (Å²) in [6, 6.07) is 10.6. The monoisotopic (exact) mass is 355 g/mol. The van der Waals surface area contributed by atoms with E-state index in [-0.39, 0.29) is 11.7 Å². The second kappa shape index (κ2) is 9.74. The number of rotatable bonds is 8. The van der Waals surface area contributed by atoms with Gasteiger partial charge >= 0.3 is 0 Å². The normalized spacial score (nSPS) is 11.0. The molecule has 0 bridgehead atoms. The van der Waals surface area contributed by atoms with Crippen molar-refractivity contribution in [1.29, 1.82) is 0 Å². The minimum absolute atomic E-state index is 0.256. The van der Waals surface area contributed by atoms with Gasteiger partial charge in [0.15, 0.2) is 0 Å². The number of nitrogens with one attached hydrogen (secondary N) is 1. The van der Waals surface area contributed by atoms with Crippen molar-refractivity contribution in [2.24, 2.45) is 11.0 Å². The maximum atomic E-state index is 12.1. The fourth-order valence-electron chi connectivity index (χ4n) is 1.92. The van der Waals surface area contributed by atoms with Crippen molar-refractivity contribution in [3.05, 3.63) is 59.9 Å². The number of pyridine rings is 1. The number of hydrogen-bond acceptors (Lipinski definition) is 5. The Morgan fingerprint density at radius 1 is 1.12 bits per heavy atom. The predicted molar refractivity (Wildman–Crippen MR) is 101 cm³/mol. The molecule has 1 aromatic heterocycles. The number of amides is 1. The third-order valence-electron chi connectivity index (χ3n) is 3.39. The number of carbonyl (C=O) groups excluding carboxylic acids is 2. The van der Waals surface area contributed by atoms with Gasteiger partial charge in [-0.2, -0.15) is 5.10 Å². The topological polar surface area (TPSA) is 71.4 Å². The lowest BCUT2D eigenvalue weighted by atomic mass is 10.1. The van der Waals surface area contributed by atoms with Crippen molar-refractivity contribution in [2.75, 3.05) is 5.75 Å². The fourth-order valence-corrected chi connectivity index (χ4v) is 3.07. The highest BCUT2D eigenvalue weighted by molar-refractivity contribution is 7.99. The number of hydrogen-bond donors (Lipinski definition) is 1. The Bertz CT molecular complexity index is 728. The number of aromatic nitrogens is 1. The molecule has 0 aliphatic heterocycles. The van der Waals surface area contributed by atoms with E-state index in [4.69, 9.17) is 0 Å². The molecule has 1 aromatic carbocycles. The summed E-state index contributed by atoms with van der Waals surface area (Å²) in [5, 5.41) is 3.72. The molecule has 0 unspecified atom stereocenters. The van der Waals surface area contributed by atoms with E-state index >= 15 is 0 Å². The van der Waals surface area contributed by atoms with E-state index in [1.807, 2.05) is 12.1 Å². The van der Waals surface area contributed by atoms with E-state index in [2.05, 4.69) is 29.4 Å². The summed E-state index contributed by atoms with van der Waals surface area (Å²) < 4.78 is 0. The van der Waals surface area contributed by atoms with Crippen LogP contribution in [0, 0.1) is 5.92 Å². The maximum absolute atomic E-state index is 12.1. The lowest BCUT2D eigenvalue weighted by Crippen LogP contribution is -2.18. The number of Topliss-reactive ketones (excluding diaryl/α,β-unsaturated/α-hetero) is 1. The van der Waals surface area contributed by atoms with Crippen LogP contribution in [0.5, 0.6) is 0 Å². The number of carbonyl (C=O) groups is 2. The first-order valence-electron chi connectivity index (χ1n) is 8.07. The van der Waals surface area contributed by atoms with E-state index in [9.17, 15) is 9.59 Å². The molecule has 130 valence electrons. The van der Waals surface area contributed by atoms with Crippen LogP contribution in [0.1, 0.15) is 41.0 Å². The van der Waals surface area contributed by atoms with Crippen LogP contribution >= 0.6 is 11.8 Å². The quantitative estimate of drug-likeness (QED) is 0.338. The number of hydrazone groups is 1. The van der Waals surface area contributed by atoms with Gasteiger partial charge in [0.1, 0.15) is 0 Å². The van der Waals surface area contributed by atoms with Crippen LogP contribution in [-0.2, 0) is 0 Å². The van der Waals surface area contributed by atoms with Gasteiger partial charge in [-0.1, -0.05) is 13.8 Å². The van der Waals surface area contributed by atoms with Gasteiger partial charge in [0.05, 0.1) is 6.21 Å². The summed E-state index contributed by atoms with van der Waals surface area (Å²) in [5.74, 6) is 1.11. The summed E-state index contributed by atoms with van der Waals surface area (Å²) in [4.78, 5) is 28.8. The van der Waals surface area contributed by atoms with E-state index < -0.39 is 0 Å². The minimum atomic E-state index is -0.386. The molecule has 6 heteroatoms. The first-order chi connectivity index (χ1) is 12.1. The molecule has 2 aromatic rings. The summed E-state index contributed by atoms with van der Waals surface area (Å²) >= 11 is 1.78. The van der Waals surface area contributed by atoms with E-state index in [0.29, 0.717) is 17.0 Å². The van der Waals surface area contributed by atoms with Crippen molar-refractivity contribution < 1.29 is 9.59 Å². The van der Waals surface area contributed by atoms with E-state index in [1.165, 1.54) is 12.4 Å². The molecule has 1 heterocycles. The van der Waals surface area contributed by atoms with Gasteiger partial charge in [0.25, 0.3) is 5.91 Å². The highest BCUT2D eigenvalue weighted by Gasteiger charge is 2.05. The molecule has 0 fully saturated rings. The smallest absolute Gasteiger partial charge is 0.271 e. The Kier molecular flexibility index (Phi) is 7.35. The summed E-state index contributed by atoms with van der Waals surface area (Å²) in [6.07, 6.45) is 5.31. The standard InChI is InChI=1S/C19H21N3O2S/c1-14(2)9-12-25-17-5-3-15(4-6-17)18(23)13-21-22-19(24)16-7-10-20-11-8-16/h3-8,10-11,13-14H,9,12H2,1-2H3,(H,22,24)/b21-13+. The molecule has 25 heavy (non-hydrogen) atoms. The third-order valence-corrected chi connectivity index (χ3v) is 4.44. The van der Waals surface area contributed by atoms with E-state index in [0.717, 1.165) is 23.3 Å². The SMILES string of the molecule is CC(C)CCSc1ccc(C(=O)/C=N/NC(=O)c2ccncc2)cc1. The van der Waals surface area contributed by atoms with Crippen molar-refractivity contribution in [3.63, 3.8) is 0 Å². The van der Waals surface area contributed by atoms with Gasteiger partial charge in [-0.15, -0.1) is 11.8 Å². The summed E-state index contributed by atoms with van der Waals surface area (Å²) in [5.41, 5.74) is 3.30. The molecule has 1 amide bonds. The zero-order chi connectivity index (χ0) is 18.1. The first kappa shape index (κ1) is 18.9. The van der Waals surface area contributed by atoms with Gasteiger partial charge in [-0.25, -0.2) is 5.43 Å². The predicted octanol–water partition coefficient (Wildman–Crippen LogP) is 3.82. The zero-order valence-electron chi connectivity index (χ0n) is 14.3. The van der Waals surface area contributed by atoms with Crippen molar-refractivity contribution in [3.8, 4) is 0 Å². The average molecular weight is 355 g/mol. The number of ketones is 1. The number of nitrogens with zero attached hydrogens (tertiary/aromatic N) is 2. The fraction of sp³-hybridized carbons (Fsp3) is 0.263. The average Bonchev–Trinajstić information content (AvgIpc) is 2.62. The van der Waals surface area contributed by atoms with Crippen LogP contribution < -0.4 is 5.43 Å². The van der Waals surface area contributed by atoms with Gasteiger partial charge in [0, 0.05) is 28.4 Å². The van der Waals surface area contributed by atoms with Gasteiger partial charge < -0.3 is 0 Å². The maximum Gasteiger partial charge on any atom is 0.271 e. The Hall–Kier alpha value is -2.47. The molecular weight excluding hydrogens is 334 g/mol. The van der Waals surface area contributed by atoms with Crippen LogP contribution in [0.3, 0.4) is 0 Å². The van der Waals surface area contributed by atoms with Crippen molar-refractivity contribution in [1.82, 2.24) is 10.4 Å². The van der Waals surface area contributed by atoms with Crippen LogP contribution in [0.15, 0.2) is 58.8 Å². The van der Waals surface area contributed by atoms with Crippen molar-refractivity contribution >= 4 is 29.7 Å². The molecule has 0 aliphatic rings. The van der Waals surface area contributed by atoms with Crippen molar-refractivity contribution in [2.45, 2.75) is 25.2 Å². The third kappa shape index (κ3) is 6.51. The molecule has 0 saturated carbocycles. The summed E-state index contributed by atoms with van der Waals surface area (Å²) in [6.45, 7) is 4.41. The highest BCUT2D eigenvalue weighted by Crippen LogP contribution is 2.20. The van der Waals surface area contributed by atoms with Crippen LogP contribution in [0.4, 0.5) is 0 Å². The van der Waals surface area contributed by atoms with Crippen LogP contribution in [-0.4, -0.2) is 28.6 Å². The molecule has 0 aliphatic carbocycles. The van der Waals surface area contributed by atoms with Gasteiger partial charge in [0.2, 0.25) is 5.78 Å². The molecule has 0 spiro atoms. The first-order valence-corrected chi connectivity index (χ1v) is 9.05. The number of benzene rings is 1. The Morgan fingerprint density at radius 2 is 1.80 bits per heavy atom. The molecule has 2 rings (SSSR count). The van der Waals surface area contributed by atoms with Crippen LogP contribution in [0.25, 0.3) is 0 Å². The summed E-state index contributed by atoms with van der Waals surface area (Å²) in [7, 11) is 0. The van der Waals surface area contributed by atoms with Gasteiger partial charge in [-0.05, 0) is 54.5 Å². The largest absolute Gasteiger partial charge is 0.287 e. The Balaban J connectivity index is 1.85. The Labute approximate surface area is 151 Å². The lowest BCUT2D eigenvalue weighted by molar-refractivity contribution is 0.0955. The van der Waals surface area contributed by atoms with Gasteiger partial charge in [-0.3, -0.25) is 14.6 Å². The Morgan fingerprint density at radius 3 is 2.44 bits per heavy atom. The lowest BCUT2D eigenvalue weighted by Gasteiger charge is -2.04. The second-order valence-corrected chi connectivity index (χ2v) is 7.02. The molecule has 0 saturated heterocycles. The van der Waals surface area contributed by atoms with Crippen LogP contribution in [0.2, 0.25) is 0 Å². The minimum Gasteiger partial charge on any atom is -0.287 e. The molecule has 0 atom stereocenters. The number of thioether (sulfide) groups is 1. The molecule has 5 nitrogen and oxygen atoms in total. The molecule has 1 N–H and O–H groups in total. The second-order valence-electron chi connectivity index (χ2n) is 5.85. The molecular formula is C19H21N3O2S. The highest BCUT2D eigenvalue weighted by atomic mass is 32.2. The molecule has 0 radical (unpaired) electrons. The van der Waals surface area contributed by atoms with E-state index in [1.54, 1.807) is 36.0 Å².